The lowest BCUT2D eigenvalue weighted by atomic mass is 9.93. The van der Waals surface area contributed by atoms with E-state index in [1.165, 1.54) is 17.5 Å². The summed E-state index contributed by atoms with van der Waals surface area (Å²) in [6, 6.07) is 8.38. The smallest absolute Gasteiger partial charge is 0.222 e. The van der Waals surface area contributed by atoms with Crippen LogP contribution in [0.1, 0.15) is 51.2 Å². The number of nitrogens with one attached hydrogen (secondary N) is 1. The van der Waals surface area contributed by atoms with Gasteiger partial charge in [0, 0.05) is 39.1 Å². The van der Waals surface area contributed by atoms with Gasteiger partial charge in [-0.15, -0.1) is 24.0 Å². The molecule has 3 rings (SSSR count). The molecule has 6 heteroatoms. The summed E-state index contributed by atoms with van der Waals surface area (Å²) in [6.45, 7) is 12.0. The summed E-state index contributed by atoms with van der Waals surface area (Å²) in [5.74, 6) is 1.28. The molecule has 5 nitrogen and oxygen atoms in total. The molecule has 1 aromatic rings. The minimum absolute atomic E-state index is 0. The molecule has 0 spiro atoms. The van der Waals surface area contributed by atoms with Gasteiger partial charge in [0.1, 0.15) is 0 Å². The van der Waals surface area contributed by atoms with Gasteiger partial charge in [0.2, 0.25) is 5.91 Å². The Kier molecular flexibility index (Phi) is 7.94. The quantitative estimate of drug-likeness (QED) is 0.395. The lowest BCUT2D eigenvalue weighted by Gasteiger charge is -2.24. The number of carbonyl (C=O) groups is 1. The minimum atomic E-state index is 0. The van der Waals surface area contributed by atoms with Crippen LogP contribution < -0.4 is 5.32 Å². The molecule has 27 heavy (non-hydrogen) atoms. The first-order valence-corrected chi connectivity index (χ1v) is 9.86. The number of likely N-dealkylation sites (tertiary alicyclic amines) is 2. The van der Waals surface area contributed by atoms with E-state index in [2.05, 4.69) is 55.3 Å². The molecule has 2 saturated heterocycles. The van der Waals surface area contributed by atoms with Crippen LogP contribution in [0.4, 0.5) is 0 Å². The maximum Gasteiger partial charge on any atom is 0.222 e. The fourth-order valence-corrected chi connectivity index (χ4v) is 3.82. The van der Waals surface area contributed by atoms with Crippen LogP contribution in [0.15, 0.2) is 29.3 Å². The zero-order chi connectivity index (χ0) is 18.6. The van der Waals surface area contributed by atoms with Crippen molar-refractivity contribution < 1.29 is 4.79 Å². The third kappa shape index (κ3) is 5.83. The molecule has 1 N–H and O–H groups in total. The average molecular weight is 484 g/mol. The SMILES string of the molecule is CCNC(=NCc1ccccc1CN1CCCC1=O)N1CCC(C)(C)C1.I. The van der Waals surface area contributed by atoms with Crippen LogP contribution in [0.5, 0.6) is 0 Å². The fourth-order valence-electron chi connectivity index (χ4n) is 3.82. The molecule has 0 bridgehead atoms. The lowest BCUT2D eigenvalue weighted by Crippen LogP contribution is -2.40. The summed E-state index contributed by atoms with van der Waals surface area (Å²) < 4.78 is 0. The number of rotatable bonds is 5. The van der Waals surface area contributed by atoms with Gasteiger partial charge in [-0.25, -0.2) is 4.99 Å². The summed E-state index contributed by atoms with van der Waals surface area (Å²) in [5, 5.41) is 3.44. The van der Waals surface area contributed by atoms with Crippen LogP contribution in [0.3, 0.4) is 0 Å². The van der Waals surface area contributed by atoms with Crippen molar-refractivity contribution in [3.8, 4) is 0 Å². The van der Waals surface area contributed by atoms with Crippen LogP contribution in [-0.4, -0.2) is 47.8 Å². The van der Waals surface area contributed by atoms with Crippen molar-refractivity contribution >= 4 is 35.8 Å². The highest BCUT2D eigenvalue weighted by Gasteiger charge is 2.30. The third-order valence-corrected chi connectivity index (χ3v) is 5.36. The third-order valence-electron chi connectivity index (χ3n) is 5.36. The van der Waals surface area contributed by atoms with Crippen molar-refractivity contribution in [2.24, 2.45) is 10.4 Å². The molecule has 0 aromatic heterocycles. The molecule has 2 aliphatic rings. The largest absolute Gasteiger partial charge is 0.357 e. The van der Waals surface area contributed by atoms with Crippen LogP contribution in [-0.2, 0) is 17.9 Å². The molecule has 2 fully saturated rings. The summed E-state index contributed by atoms with van der Waals surface area (Å²) in [7, 11) is 0. The van der Waals surface area contributed by atoms with E-state index in [1.807, 2.05) is 4.90 Å². The van der Waals surface area contributed by atoms with Crippen LogP contribution in [0, 0.1) is 5.41 Å². The van der Waals surface area contributed by atoms with Crippen molar-refractivity contribution in [3.63, 3.8) is 0 Å². The number of hydrogen-bond donors (Lipinski definition) is 1. The number of amides is 1. The monoisotopic (exact) mass is 484 g/mol. The number of benzene rings is 1. The Labute approximate surface area is 180 Å². The number of aliphatic imine (C=N–C) groups is 1. The molecule has 1 aromatic carbocycles. The Balaban J connectivity index is 0.00000261. The lowest BCUT2D eigenvalue weighted by molar-refractivity contribution is -0.128. The van der Waals surface area contributed by atoms with Gasteiger partial charge in [-0.3, -0.25) is 4.79 Å². The summed E-state index contributed by atoms with van der Waals surface area (Å²) in [6.07, 6.45) is 2.87. The molecule has 2 heterocycles. The van der Waals surface area contributed by atoms with E-state index in [-0.39, 0.29) is 29.9 Å². The van der Waals surface area contributed by atoms with Crippen LogP contribution in [0.25, 0.3) is 0 Å². The summed E-state index contributed by atoms with van der Waals surface area (Å²) >= 11 is 0. The molecule has 0 atom stereocenters. The highest BCUT2D eigenvalue weighted by Crippen LogP contribution is 2.28. The van der Waals surface area contributed by atoms with E-state index in [0.29, 0.717) is 24.9 Å². The predicted octanol–water partition coefficient (Wildman–Crippen LogP) is 3.62. The fraction of sp³-hybridized carbons (Fsp3) is 0.619. The Morgan fingerprint density at radius 1 is 1.22 bits per heavy atom. The highest BCUT2D eigenvalue weighted by molar-refractivity contribution is 14.0. The van der Waals surface area contributed by atoms with Gasteiger partial charge in [0.05, 0.1) is 6.54 Å². The molecule has 0 saturated carbocycles. The first kappa shape index (κ1) is 22.0. The second kappa shape index (κ2) is 9.75. The maximum absolute atomic E-state index is 12.0. The van der Waals surface area contributed by atoms with E-state index in [9.17, 15) is 4.79 Å². The number of carbonyl (C=O) groups excluding carboxylic acids is 1. The Bertz CT molecular complexity index is 674. The molecule has 150 valence electrons. The van der Waals surface area contributed by atoms with Gasteiger partial charge in [-0.05, 0) is 36.3 Å². The highest BCUT2D eigenvalue weighted by atomic mass is 127. The van der Waals surface area contributed by atoms with Crippen molar-refractivity contribution in [2.75, 3.05) is 26.2 Å². The molecule has 2 aliphatic heterocycles. The minimum Gasteiger partial charge on any atom is -0.357 e. The van der Waals surface area contributed by atoms with Crippen molar-refractivity contribution in [1.29, 1.82) is 0 Å². The number of nitrogens with zero attached hydrogens (tertiary/aromatic N) is 3. The summed E-state index contributed by atoms with van der Waals surface area (Å²) in [5.41, 5.74) is 2.77. The van der Waals surface area contributed by atoms with E-state index in [0.717, 1.165) is 38.6 Å². The zero-order valence-corrected chi connectivity index (χ0v) is 19.2. The van der Waals surface area contributed by atoms with E-state index < -0.39 is 0 Å². The first-order chi connectivity index (χ1) is 12.5. The average Bonchev–Trinajstić information content (AvgIpc) is 3.18. The predicted molar refractivity (Wildman–Crippen MR) is 121 cm³/mol. The first-order valence-electron chi connectivity index (χ1n) is 9.86. The Morgan fingerprint density at radius 3 is 2.56 bits per heavy atom. The summed E-state index contributed by atoms with van der Waals surface area (Å²) in [4.78, 5) is 21.2. The van der Waals surface area contributed by atoms with Gasteiger partial charge in [-0.2, -0.15) is 0 Å². The molecule has 0 unspecified atom stereocenters. The van der Waals surface area contributed by atoms with Gasteiger partial charge >= 0.3 is 0 Å². The normalized spacial score (nSPS) is 19.4. The van der Waals surface area contributed by atoms with Gasteiger partial charge in [0.15, 0.2) is 5.96 Å². The molecule has 1 amide bonds. The van der Waals surface area contributed by atoms with Crippen molar-refractivity contribution in [1.82, 2.24) is 15.1 Å². The van der Waals surface area contributed by atoms with Gasteiger partial charge in [0.25, 0.3) is 0 Å². The van der Waals surface area contributed by atoms with E-state index in [1.54, 1.807) is 0 Å². The van der Waals surface area contributed by atoms with Crippen molar-refractivity contribution in [2.45, 2.75) is 53.1 Å². The second-order valence-electron chi connectivity index (χ2n) is 8.19. The molecule has 0 aliphatic carbocycles. The number of guanidine groups is 1. The Morgan fingerprint density at radius 2 is 1.96 bits per heavy atom. The van der Waals surface area contributed by atoms with Gasteiger partial charge < -0.3 is 15.1 Å². The molecule has 0 radical (unpaired) electrons. The van der Waals surface area contributed by atoms with Crippen LogP contribution >= 0.6 is 24.0 Å². The second-order valence-corrected chi connectivity index (χ2v) is 8.19. The zero-order valence-electron chi connectivity index (χ0n) is 16.8. The standard InChI is InChI=1S/C21H32N4O.HI/c1-4-22-20(25-13-11-21(2,3)16-25)23-14-17-8-5-6-9-18(17)15-24-12-7-10-19(24)26;/h5-6,8-9H,4,7,10-16H2,1-3H3,(H,22,23);1H. The van der Waals surface area contributed by atoms with Crippen LogP contribution in [0.2, 0.25) is 0 Å². The molecular formula is C21H33IN4O. The van der Waals surface area contributed by atoms with Crippen molar-refractivity contribution in [3.05, 3.63) is 35.4 Å². The Hall–Kier alpha value is -1.31. The van der Waals surface area contributed by atoms with E-state index in [4.69, 9.17) is 4.99 Å². The van der Waals surface area contributed by atoms with E-state index >= 15 is 0 Å². The van der Waals surface area contributed by atoms with Gasteiger partial charge in [-0.1, -0.05) is 38.1 Å². The molecular weight excluding hydrogens is 451 g/mol. The number of halogens is 1. The maximum atomic E-state index is 12.0. The number of hydrogen-bond acceptors (Lipinski definition) is 2. The topological polar surface area (TPSA) is 47.9 Å².